The number of furan rings is 1. The van der Waals surface area contributed by atoms with Gasteiger partial charge in [-0.1, -0.05) is 309 Å². The highest BCUT2D eigenvalue weighted by Gasteiger charge is 2.44. The van der Waals surface area contributed by atoms with Gasteiger partial charge < -0.3 is 13.6 Å². The Morgan fingerprint density at radius 1 is 0.266 bits per heavy atom. The van der Waals surface area contributed by atoms with Gasteiger partial charge in [0.2, 0.25) is 5.71 Å². The highest BCUT2D eigenvalue weighted by atomic mass is 16.3. The fourth-order valence-corrected chi connectivity index (χ4v) is 22.2. The molecule has 27 aromatic rings. The molecule has 1 unspecified atom stereocenters. The summed E-state index contributed by atoms with van der Waals surface area (Å²) in [5.41, 5.74) is 20.7. The number of hydrogen-bond acceptors (Lipinski definition) is 5. The van der Waals surface area contributed by atoms with E-state index in [0.29, 0.717) is 29.2 Å². The third kappa shape index (κ3) is 9.20. The van der Waals surface area contributed by atoms with Crippen molar-refractivity contribution < 1.29 is 4.42 Å². The molecule has 124 heavy (non-hydrogen) atoms. The maximum atomic E-state index is 6.75. The second-order valence-electron chi connectivity index (χ2n) is 34.0. The standard InChI is InChI=1S/C115H68N8O/c1-115(93-44-22-18-42-88(93)107-111(115)116-105(69-51-54-82-80-39-19-23-45-94(80)120(98(82)63-69)71-28-4-2-5-29-71)112(117-107)122-96-60-58-85-77-36-13-12-34-75(77)76-35-16-17-41-84(76)101(85)103(96)90-56-49-67-26-8-10-32-73(67)109(90)122)65-66-48-53-87-92(62-66)79-38-15-14-37-78(79)86-59-61-97-104(102(86)87)91-57-50-68-27-9-11-33-74(68)110(91)123(97)113-106(119-114-108(118-113)89-43-21-25-47-100(89)124-114)70-52-55-83-81-40-20-24-46-95(81)121(99(83)64-70)72-30-6-3-7-31-72/h2-64H,65H2,1H3. The highest BCUT2D eigenvalue weighted by Crippen LogP contribution is 2.55. The number of fused-ring (bicyclic) bond motifs is 36. The van der Waals surface area contributed by atoms with Crippen molar-refractivity contribution in [3.63, 3.8) is 0 Å². The average Bonchev–Trinajstić information content (AvgIpc) is 1.52. The minimum absolute atomic E-state index is 0.482. The first-order chi connectivity index (χ1) is 61.4. The summed E-state index contributed by atoms with van der Waals surface area (Å²) < 4.78 is 16.5. The van der Waals surface area contributed by atoms with Crippen LogP contribution in [0.5, 0.6) is 0 Å². The number of benzene rings is 20. The van der Waals surface area contributed by atoms with E-state index in [0.717, 1.165) is 155 Å². The van der Waals surface area contributed by atoms with Crippen LogP contribution in [0.1, 0.15) is 23.7 Å². The molecule has 0 amide bonds. The van der Waals surface area contributed by atoms with Crippen molar-refractivity contribution in [2.45, 2.75) is 18.8 Å². The molecule has 0 saturated heterocycles. The predicted molar refractivity (Wildman–Crippen MR) is 515 cm³/mol. The van der Waals surface area contributed by atoms with Crippen LogP contribution in [0.15, 0.2) is 387 Å². The number of hydrogen-bond donors (Lipinski definition) is 0. The Bertz CT molecular complexity index is 9420. The second-order valence-corrected chi connectivity index (χ2v) is 34.0. The van der Waals surface area contributed by atoms with E-state index in [1.807, 2.05) is 12.1 Å². The summed E-state index contributed by atoms with van der Waals surface area (Å²) in [5.74, 6) is 1.48. The van der Waals surface area contributed by atoms with Gasteiger partial charge in [0.05, 0.1) is 55.5 Å². The fourth-order valence-electron chi connectivity index (χ4n) is 22.2. The summed E-state index contributed by atoms with van der Waals surface area (Å²) in [5, 5.41) is 29.2. The van der Waals surface area contributed by atoms with Crippen molar-refractivity contribution in [3.05, 3.63) is 399 Å². The summed E-state index contributed by atoms with van der Waals surface area (Å²) in [4.78, 5) is 24.3. The molecule has 9 nitrogen and oxygen atoms in total. The summed E-state index contributed by atoms with van der Waals surface area (Å²) in [6.45, 7) is 2.43. The van der Waals surface area contributed by atoms with Gasteiger partial charge >= 0.3 is 0 Å². The van der Waals surface area contributed by atoms with Crippen molar-refractivity contribution in [2.24, 2.45) is 0 Å². The smallest absolute Gasteiger partial charge is 0.247 e. The molecular weight excluding hydrogens is 1510 g/mol. The van der Waals surface area contributed by atoms with Gasteiger partial charge in [-0.3, -0.25) is 9.13 Å². The maximum absolute atomic E-state index is 6.75. The highest BCUT2D eigenvalue weighted by molar-refractivity contribution is 6.39. The third-order valence-electron chi connectivity index (χ3n) is 27.5. The van der Waals surface area contributed by atoms with Crippen LogP contribution in [0.3, 0.4) is 0 Å². The number of para-hydroxylation sites is 5. The van der Waals surface area contributed by atoms with Gasteiger partial charge in [0.1, 0.15) is 22.5 Å². The normalized spacial score (nSPS) is 13.8. The Morgan fingerprint density at radius 3 is 1.25 bits per heavy atom. The van der Waals surface area contributed by atoms with Crippen LogP contribution in [-0.2, 0) is 11.8 Å². The zero-order chi connectivity index (χ0) is 80.9. The molecule has 0 spiro atoms. The molecule has 1 aliphatic carbocycles. The van der Waals surface area contributed by atoms with Crippen LogP contribution >= 0.6 is 0 Å². The predicted octanol–water partition coefficient (Wildman–Crippen LogP) is 29.6. The summed E-state index contributed by atoms with van der Waals surface area (Å²) in [6.07, 6.45) is 0.626. The Balaban J connectivity index is 0.688. The second kappa shape index (κ2) is 25.1. The Labute approximate surface area is 708 Å². The van der Waals surface area contributed by atoms with E-state index >= 15 is 0 Å². The lowest BCUT2D eigenvalue weighted by molar-refractivity contribution is 0.564. The van der Waals surface area contributed by atoms with E-state index < -0.39 is 5.41 Å². The molecule has 0 fully saturated rings. The Morgan fingerprint density at radius 2 is 0.677 bits per heavy atom. The first-order valence-electron chi connectivity index (χ1n) is 42.7. The lowest BCUT2D eigenvalue weighted by Crippen LogP contribution is -2.26. The number of rotatable bonds is 8. The molecule has 0 radical (unpaired) electrons. The van der Waals surface area contributed by atoms with E-state index in [-0.39, 0.29) is 0 Å². The monoisotopic (exact) mass is 1580 g/mol. The largest absolute Gasteiger partial charge is 0.436 e. The van der Waals surface area contributed by atoms with Crippen molar-refractivity contribution in [3.8, 4) is 56.8 Å². The minimum Gasteiger partial charge on any atom is -0.436 e. The van der Waals surface area contributed by atoms with Crippen molar-refractivity contribution in [2.75, 3.05) is 0 Å². The molecule has 20 aromatic carbocycles. The molecule has 7 aromatic heterocycles. The topological polar surface area (TPSA) is 84.4 Å². The molecule has 0 bridgehead atoms. The lowest BCUT2D eigenvalue weighted by atomic mass is 9.77. The van der Waals surface area contributed by atoms with E-state index in [9.17, 15) is 0 Å². The first kappa shape index (κ1) is 67.5. The third-order valence-corrected chi connectivity index (χ3v) is 27.5. The van der Waals surface area contributed by atoms with E-state index in [1.165, 1.54) is 91.9 Å². The lowest BCUT2D eigenvalue weighted by Gasteiger charge is -2.27. The van der Waals surface area contributed by atoms with Crippen LogP contribution in [-0.4, -0.2) is 38.2 Å². The molecule has 7 heterocycles. The number of nitrogens with zero attached hydrogens (tertiary/aromatic N) is 8. The minimum atomic E-state index is -0.691. The van der Waals surface area contributed by atoms with Gasteiger partial charge in [-0.25, -0.2) is 19.9 Å². The molecular formula is C115H68N8O. The molecule has 574 valence electrons. The summed E-state index contributed by atoms with van der Waals surface area (Å²) >= 11 is 0. The van der Waals surface area contributed by atoms with Gasteiger partial charge in [0.25, 0.3) is 0 Å². The molecule has 1 aliphatic rings. The zero-order valence-corrected chi connectivity index (χ0v) is 67.1. The SMILES string of the molecule is CC1(Cc2ccc3c(c2)c2ccccc2c2ccc4c(c5ccc6ccccc6c5n4-c4nc5c(nc4-c4ccc6c7ccccc7n(-c7ccccc7)c6c4)oc4ccccc45)c23)c2ccccc2-c2nc(-n3c4ccc5c6ccccc6c6ccccc6c5c4c4ccc5ccccc5c43)c(-c3ccc4c5ccccc5n(-c5ccccc5)c4c3)nc21. The quantitative estimate of drug-likeness (QED) is 0.142. The maximum Gasteiger partial charge on any atom is 0.247 e. The van der Waals surface area contributed by atoms with Crippen molar-refractivity contribution in [1.82, 2.24) is 38.2 Å². The Hall–Kier alpha value is -16.4. The van der Waals surface area contributed by atoms with E-state index in [1.54, 1.807) is 0 Å². The average molecular weight is 1580 g/mol. The van der Waals surface area contributed by atoms with Crippen molar-refractivity contribution >= 4 is 196 Å². The van der Waals surface area contributed by atoms with Crippen molar-refractivity contribution in [1.29, 1.82) is 0 Å². The molecule has 0 saturated carbocycles. The van der Waals surface area contributed by atoms with Crippen LogP contribution in [0.2, 0.25) is 0 Å². The van der Waals surface area contributed by atoms with Gasteiger partial charge in [-0.2, -0.15) is 0 Å². The van der Waals surface area contributed by atoms with Crippen LogP contribution < -0.4 is 0 Å². The van der Waals surface area contributed by atoms with Gasteiger partial charge in [-0.15, -0.1) is 0 Å². The van der Waals surface area contributed by atoms with E-state index in [2.05, 4.69) is 395 Å². The molecule has 0 aliphatic heterocycles. The molecule has 28 rings (SSSR count). The summed E-state index contributed by atoms with van der Waals surface area (Å²) in [7, 11) is 0. The zero-order valence-electron chi connectivity index (χ0n) is 67.1. The first-order valence-corrected chi connectivity index (χ1v) is 42.7. The molecule has 1 atom stereocenters. The van der Waals surface area contributed by atoms with E-state index in [4.69, 9.17) is 24.4 Å². The van der Waals surface area contributed by atoms with Gasteiger partial charge in [0.15, 0.2) is 11.6 Å². The van der Waals surface area contributed by atoms with Gasteiger partial charge in [0, 0.05) is 104 Å². The summed E-state index contributed by atoms with van der Waals surface area (Å²) in [6, 6.07) is 141. The number of aromatic nitrogens is 8. The van der Waals surface area contributed by atoms with Gasteiger partial charge in [-0.05, 0) is 162 Å². The van der Waals surface area contributed by atoms with Crippen LogP contribution in [0, 0.1) is 0 Å². The van der Waals surface area contributed by atoms with Crippen LogP contribution in [0.4, 0.5) is 0 Å². The molecule has 0 N–H and O–H groups in total. The fraction of sp³-hybridized carbons (Fsp3) is 0.0261. The van der Waals surface area contributed by atoms with Crippen LogP contribution in [0.25, 0.3) is 252 Å². The Kier molecular flexibility index (Phi) is 13.7. The molecule has 9 heteroatoms.